The van der Waals surface area contributed by atoms with Crippen molar-refractivity contribution in [3.63, 3.8) is 0 Å². The minimum Gasteiger partial charge on any atom is -0.371 e. The maximum Gasteiger partial charge on any atom is 0.229 e. The van der Waals surface area contributed by atoms with E-state index < -0.39 is 18.3 Å². The summed E-state index contributed by atoms with van der Waals surface area (Å²) in [5.41, 5.74) is 9.28. The number of likely N-dealkylation sites (N-methyl/N-ethyl adjacent to an activating group) is 1. The number of nitrogens with one attached hydrogen (secondary N) is 3. The maximum absolute atomic E-state index is 13.7. The molecule has 9 nitrogen and oxygen atoms in total. The predicted octanol–water partition coefficient (Wildman–Crippen LogP) is -1.73. The SMILES string of the molecule is CN1CCC(O[C@@H]2CN3CCC2CC3)C(NC(=O)C2C(N)NN3CC(F)CNC23)C1. The highest BCUT2D eigenvalue weighted by atomic mass is 19.1. The third kappa shape index (κ3) is 4.11. The zero-order chi connectivity index (χ0) is 20.8. The molecule has 6 saturated heterocycles. The van der Waals surface area contributed by atoms with Gasteiger partial charge in [-0.3, -0.25) is 10.1 Å². The van der Waals surface area contributed by atoms with Gasteiger partial charge >= 0.3 is 0 Å². The lowest BCUT2D eigenvalue weighted by Crippen LogP contribution is -2.62. The number of rotatable bonds is 4. The normalized spacial score (nSPS) is 47.2. The quantitative estimate of drug-likeness (QED) is 0.422. The molecule has 6 rings (SSSR count). The Bertz CT molecular complexity index is 634. The summed E-state index contributed by atoms with van der Waals surface area (Å²) in [4.78, 5) is 18.0. The Labute approximate surface area is 177 Å². The smallest absolute Gasteiger partial charge is 0.229 e. The Hall–Kier alpha value is -0.880. The first kappa shape index (κ1) is 21.0. The van der Waals surface area contributed by atoms with Crippen molar-refractivity contribution in [1.29, 1.82) is 0 Å². The van der Waals surface area contributed by atoms with Crippen LogP contribution in [0.3, 0.4) is 0 Å². The maximum atomic E-state index is 13.7. The molecular weight excluding hydrogens is 389 g/mol. The van der Waals surface area contributed by atoms with Gasteiger partial charge in [-0.1, -0.05) is 0 Å². The van der Waals surface area contributed by atoms with Gasteiger partial charge in [-0.05, 0) is 45.3 Å². The molecule has 7 atom stereocenters. The number of fused-ring (bicyclic) bond motifs is 4. The summed E-state index contributed by atoms with van der Waals surface area (Å²) in [6.45, 7) is 5.62. The van der Waals surface area contributed by atoms with Gasteiger partial charge in [0.05, 0.1) is 36.5 Å². The number of hydrazine groups is 1. The van der Waals surface area contributed by atoms with Gasteiger partial charge in [-0.2, -0.15) is 0 Å². The molecule has 170 valence electrons. The van der Waals surface area contributed by atoms with Crippen LogP contribution in [-0.2, 0) is 9.53 Å². The topological polar surface area (TPSA) is 98.1 Å². The molecule has 6 fully saturated rings. The van der Waals surface area contributed by atoms with Crippen LogP contribution in [0.4, 0.5) is 4.39 Å². The van der Waals surface area contributed by atoms with Crippen molar-refractivity contribution in [3.8, 4) is 0 Å². The van der Waals surface area contributed by atoms with Crippen LogP contribution in [0.5, 0.6) is 0 Å². The molecular formula is C20H36FN7O2. The Morgan fingerprint density at radius 3 is 2.67 bits per heavy atom. The molecule has 0 spiro atoms. The minimum absolute atomic E-state index is 0.0203. The van der Waals surface area contributed by atoms with Gasteiger partial charge in [0.15, 0.2) is 0 Å². The molecule has 6 unspecified atom stereocenters. The second-order valence-corrected chi connectivity index (χ2v) is 9.80. The van der Waals surface area contributed by atoms with Crippen LogP contribution in [0, 0.1) is 11.8 Å². The molecule has 6 heterocycles. The zero-order valence-electron chi connectivity index (χ0n) is 17.8. The summed E-state index contributed by atoms with van der Waals surface area (Å²) in [6, 6.07) is -0.0644. The molecule has 0 radical (unpaired) electrons. The van der Waals surface area contributed by atoms with Crippen LogP contribution in [0.1, 0.15) is 19.3 Å². The molecule has 0 aromatic rings. The Morgan fingerprint density at radius 2 is 1.93 bits per heavy atom. The van der Waals surface area contributed by atoms with Crippen LogP contribution in [-0.4, -0.2) is 110 Å². The van der Waals surface area contributed by atoms with E-state index in [2.05, 4.69) is 32.9 Å². The van der Waals surface area contributed by atoms with Gasteiger partial charge in [0.25, 0.3) is 0 Å². The van der Waals surface area contributed by atoms with E-state index >= 15 is 0 Å². The first-order valence-electron chi connectivity index (χ1n) is 11.5. The van der Waals surface area contributed by atoms with Crippen molar-refractivity contribution in [3.05, 3.63) is 0 Å². The van der Waals surface area contributed by atoms with Crippen LogP contribution in [0.25, 0.3) is 0 Å². The number of alkyl halides is 1. The molecule has 2 bridgehead atoms. The number of hydrogen-bond acceptors (Lipinski definition) is 8. The van der Waals surface area contributed by atoms with E-state index in [1.807, 2.05) is 0 Å². The highest BCUT2D eigenvalue weighted by Gasteiger charge is 2.48. The number of carbonyl (C=O) groups excluding carboxylic acids is 1. The fraction of sp³-hybridized carbons (Fsp3) is 0.950. The number of hydrogen-bond donors (Lipinski definition) is 4. The van der Waals surface area contributed by atoms with Gasteiger partial charge in [-0.25, -0.2) is 14.8 Å². The lowest BCUT2D eigenvalue weighted by Gasteiger charge is -2.47. The number of likely N-dealkylation sites (tertiary alicyclic amines) is 1. The largest absolute Gasteiger partial charge is 0.371 e. The average Bonchev–Trinajstić information content (AvgIpc) is 3.05. The van der Waals surface area contributed by atoms with E-state index in [0.29, 0.717) is 5.92 Å². The first-order chi connectivity index (χ1) is 14.5. The highest BCUT2D eigenvalue weighted by Crippen LogP contribution is 2.32. The van der Waals surface area contributed by atoms with Crippen LogP contribution in [0.15, 0.2) is 0 Å². The second kappa shape index (κ2) is 8.57. The second-order valence-electron chi connectivity index (χ2n) is 9.80. The fourth-order valence-corrected chi connectivity index (χ4v) is 5.94. The van der Waals surface area contributed by atoms with Gasteiger partial charge in [0, 0.05) is 32.7 Å². The molecule has 0 aromatic carbocycles. The molecule has 0 aliphatic carbocycles. The van der Waals surface area contributed by atoms with Gasteiger partial charge in [0.2, 0.25) is 5.91 Å². The molecule has 6 aliphatic rings. The van der Waals surface area contributed by atoms with Gasteiger partial charge in [0.1, 0.15) is 6.17 Å². The van der Waals surface area contributed by atoms with E-state index in [9.17, 15) is 9.18 Å². The van der Waals surface area contributed by atoms with Gasteiger partial charge < -0.3 is 25.6 Å². The zero-order valence-corrected chi connectivity index (χ0v) is 17.8. The molecule has 6 aliphatic heterocycles. The van der Waals surface area contributed by atoms with E-state index in [1.54, 1.807) is 5.01 Å². The van der Waals surface area contributed by atoms with E-state index in [0.717, 1.165) is 26.1 Å². The van der Waals surface area contributed by atoms with Crippen molar-refractivity contribution in [2.75, 3.05) is 52.9 Å². The van der Waals surface area contributed by atoms with Crippen molar-refractivity contribution < 1.29 is 13.9 Å². The van der Waals surface area contributed by atoms with Crippen LogP contribution >= 0.6 is 0 Å². The van der Waals surface area contributed by atoms with Gasteiger partial charge in [-0.15, -0.1) is 0 Å². The number of amides is 1. The molecule has 1 amide bonds. The molecule has 30 heavy (non-hydrogen) atoms. The Kier molecular flexibility index (Phi) is 6.00. The number of piperidine rings is 4. The van der Waals surface area contributed by atoms with Crippen molar-refractivity contribution in [1.82, 2.24) is 30.9 Å². The van der Waals surface area contributed by atoms with Crippen molar-refractivity contribution in [2.24, 2.45) is 17.6 Å². The summed E-state index contributed by atoms with van der Waals surface area (Å²) < 4.78 is 20.4. The monoisotopic (exact) mass is 425 g/mol. The van der Waals surface area contributed by atoms with Crippen LogP contribution < -0.4 is 21.8 Å². The van der Waals surface area contributed by atoms with Crippen molar-refractivity contribution >= 4 is 5.91 Å². The average molecular weight is 426 g/mol. The van der Waals surface area contributed by atoms with E-state index in [-0.39, 0.29) is 43.4 Å². The molecule has 5 N–H and O–H groups in total. The molecule has 10 heteroatoms. The Morgan fingerprint density at radius 1 is 1.13 bits per heavy atom. The standard InChI is InChI=1S/C20H36FN7O2/c1-26-5-4-15(30-16-11-27-6-2-12(16)3-7-27)14(10-26)24-20(29)17-18(22)25-28-9-13(21)8-23-19(17)28/h12-19,23,25H,2-11,22H2,1H3,(H,24,29)/t13?,14?,15?,16-,17?,18?,19?/m1/s1. The number of ether oxygens (including phenoxy) is 1. The summed E-state index contributed by atoms with van der Waals surface area (Å²) in [5.74, 6) is 0.0874. The predicted molar refractivity (Wildman–Crippen MR) is 110 cm³/mol. The number of carbonyl (C=O) groups is 1. The minimum atomic E-state index is -0.964. The van der Waals surface area contributed by atoms with E-state index in [4.69, 9.17) is 10.5 Å². The van der Waals surface area contributed by atoms with E-state index in [1.165, 1.54) is 25.9 Å². The lowest BCUT2D eigenvalue weighted by atomic mass is 9.85. The first-order valence-corrected chi connectivity index (χ1v) is 11.5. The molecule has 0 saturated carbocycles. The third-order valence-corrected chi connectivity index (χ3v) is 7.65. The summed E-state index contributed by atoms with van der Waals surface area (Å²) in [5, 5.41) is 8.12. The van der Waals surface area contributed by atoms with Crippen LogP contribution in [0.2, 0.25) is 0 Å². The summed E-state index contributed by atoms with van der Waals surface area (Å²) >= 11 is 0. The highest BCUT2D eigenvalue weighted by molar-refractivity contribution is 5.80. The summed E-state index contributed by atoms with van der Waals surface area (Å²) in [6.07, 6.45) is 1.86. The molecule has 0 aromatic heterocycles. The lowest BCUT2D eigenvalue weighted by molar-refractivity contribution is -0.138. The summed E-state index contributed by atoms with van der Waals surface area (Å²) in [7, 11) is 2.08. The fourth-order valence-electron chi connectivity index (χ4n) is 5.94. The number of nitrogens with two attached hydrogens (primary N) is 1. The number of nitrogens with zero attached hydrogens (tertiary/aromatic N) is 3. The number of halogens is 1. The van der Waals surface area contributed by atoms with Crippen molar-refractivity contribution in [2.45, 2.75) is 56.0 Å². The Balaban J connectivity index is 1.24. The third-order valence-electron chi connectivity index (χ3n) is 7.65.